The van der Waals surface area contributed by atoms with Crippen molar-refractivity contribution in [1.82, 2.24) is 4.90 Å². The van der Waals surface area contributed by atoms with Gasteiger partial charge in [-0.25, -0.2) is 0 Å². The Labute approximate surface area is 141 Å². The molecule has 0 saturated carbocycles. The van der Waals surface area contributed by atoms with Crippen molar-refractivity contribution in [2.45, 2.75) is 24.6 Å². The minimum atomic E-state index is -0.668. The molecule has 0 spiro atoms. The highest BCUT2D eigenvalue weighted by molar-refractivity contribution is 7.81. The van der Waals surface area contributed by atoms with Crippen LogP contribution in [0.25, 0.3) is 0 Å². The van der Waals surface area contributed by atoms with Crippen molar-refractivity contribution in [3.8, 4) is 0 Å². The third-order valence-electron chi connectivity index (χ3n) is 4.06. The summed E-state index contributed by atoms with van der Waals surface area (Å²) in [5, 5.41) is -1.20. The quantitative estimate of drug-likeness (QED) is 0.508. The van der Waals surface area contributed by atoms with Gasteiger partial charge in [0.15, 0.2) is 5.78 Å². The molecular weight excluding hydrogens is 322 g/mol. The third kappa shape index (κ3) is 3.71. The van der Waals surface area contributed by atoms with Crippen LogP contribution < -0.4 is 0 Å². The van der Waals surface area contributed by atoms with Gasteiger partial charge in [-0.1, -0.05) is 24.3 Å². The summed E-state index contributed by atoms with van der Waals surface area (Å²) in [6.07, 6.45) is 0. The van der Waals surface area contributed by atoms with Gasteiger partial charge < -0.3 is 4.74 Å². The van der Waals surface area contributed by atoms with E-state index >= 15 is 0 Å². The lowest BCUT2D eigenvalue weighted by Gasteiger charge is -2.39. The van der Waals surface area contributed by atoms with Crippen molar-refractivity contribution < 1.29 is 14.3 Å². The highest BCUT2D eigenvalue weighted by Crippen LogP contribution is 2.26. The molecule has 1 atom stereocenters. The first kappa shape index (κ1) is 17.5. The number of carbonyl (C=O) groups is 2. The molecule has 0 aromatic heterocycles. The Morgan fingerprint density at radius 1 is 1.23 bits per heavy atom. The molecule has 0 aliphatic carbocycles. The lowest BCUT2D eigenvalue weighted by atomic mass is 9.90. The van der Waals surface area contributed by atoms with Crippen LogP contribution >= 0.6 is 24.2 Å². The summed E-state index contributed by atoms with van der Waals surface area (Å²) in [6.45, 7) is 6.65. The number of halogens is 1. The van der Waals surface area contributed by atoms with Gasteiger partial charge in [0.05, 0.1) is 18.8 Å². The third-order valence-corrected chi connectivity index (χ3v) is 4.96. The van der Waals surface area contributed by atoms with Gasteiger partial charge in [-0.05, 0) is 31.0 Å². The SMILES string of the molecule is CC(C)(C(=O)c1ccc(C(S)C(=O)Cl)cc1)N1CCOCC1. The molecule has 1 saturated heterocycles. The number of Topliss-reactive ketones (excluding diaryl/α,β-unsaturated/α-hetero) is 1. The van der Waals surface area contributed by atoms with Crippen molar-refractivity contribution in [2.24, 2.45) is 0 Å². The molecule has 1 heterocycles. The summed E-state index contributed by atoms with van der Waals surface area (Å²) in [4.78, 5) is 26.1. The monoisotopic (exact) mass is 341 g/mol. The zero-order chi connectivity index (χ0) is 16.3. The van der Waals surface area contributed by atoms with Crippen LogP contribution in [0.3, 0.4) is 0 Å². The summed E-state index contributed by atoms with van der Waals surface area (Å²) in [5.74, 6) is 0.0499. The van der Waals surface area contributed by atoms with Gasteiger partial charge in [-0.3, -0.25) is 14.5 Å². The molecule has 22 heavy (non-hydrogen) atoms. The maximum atomic E-state index is 12.8. The molecule has 6 heteroatoms. The van der Waals surface area contributed by atoms with E-state index < -0.39 is 16.0 Å². The van der Waals surface area contributed by atoms with E-state index in [4.69, 9.17) is 16.3 Å². The fourth-order valence-electron chi connectivity index (χ4n) is 2.57. The van der Waals surface area contributed by atoms with E-state index in [0.29, 0.717) is 24.3 Å². The van der Waals surface area contributed by atoms with Gasteiger partial charge in [0.1, 0.15) is 5.25 Å². The fourth-order valence-corrected chi connectivity index (χ4v) is 2.87. The molecule has 0 amide bonds. The maximum absolute atomic E-state index is 12.8. The molecule has 1 unspecified atom stereocenters. The molecule has 0 radical (unpaired) electrons. The molecule has 1 aliphatic rings. The second-order valence-electron chi connectivity index (χ2n) is 5.82. The van der Waals surface area contributed by atoms with Crippen LogP contribution in [-0.2, 0) is 9.53 Å². The minimum absolute atomic E-state index is 0.0499. The Balaban J connectivity index is 2.16. The number of nitrogens with zero attached hydrogens (tertiary/aromatic N) is 1. The van der Waals surface area contributed by atoms with Crippen molar-refractivity contribution >= 4 is 35.3 Å². The predicted octanol–water partition coefficient (Wildman–Crippen LogP) is 2.72. The maximum Gasteiger partial charge on any atom is 0.238 e. The lowest BCUT2D eigenvalue weighted by molar-refractivity contribution is -0.111. The number of rotatable bonds is 5. The van der Waals surface area contributed by atoms with Gasteiger partial charge in [-0.2, -0.15) is 12.6 Å². The largest absolute Gasteiger partial charge is 0.379 e. The second kappa shape index (κ2) is 7.13. The Morgan fingerprint density at radius 2 is 1.77 bits per heavy atom. The number of ketones is 1. The smallest absolute Gasteiger partial charge is 0.238 e. The van der Waals surface area contributed by atoms with Crippen molar-refractivity contribution in [2.75, 3.05) is 26.3 Å². The molecule has 1 aliphatic heterocycles. The number of ether oxygens (including phenoxy) is 1. The van der Waals surface area contributed by atoms with Gasteiger partial charge >= 0.3 is 0 Å². The van der Waals surface area contributed by atoms with E-state index in [9.17, 15) is 9.59 Å². The molecule has 2 rings (SSSR count). The van der Waals surface area contributed by atoms with Crippen LogP contribution in [0.2, 0.25) is 0 Å². The standard InChI is InChI=1S/C16H20ClNO3S/c1-16(2,18-7-9-21-10-8-18)14(19)12-5-3-11(4-6-12)13(22)15(17)20/h3-6,13,22H,7-10H2,1-2H3. The molecule has 120 valence electrons. The van der Waals surface area contributed by atoms with Crippen molar-refractivity contribution in [1.29, 1.82) is 0 Å². The number of benzene rings is 1. The Hall–Kier alpha value is -0.880. The molecule has 4 nitrogen and oxygen atoms in total. The number of thiol groups is 1. The van der Waals surface area contributed by atoms with Gasteiger partial charge in [0, 0.05) is 18.7 Å². The molecule has 1 aromatic carbocycles. The molecular formula is C16H20ClNO3S. The van der Waals surface area contributed by atoms with Crippen molar-refractivity contribution in [3.05, 3.63) is 35.4 Å². The van der Waals surface area contributed by atoms with E-state index in [-0.39, 0.29) is 5.78 Å². The summed E-state index contributed by atoms with van der Waals surface area (Å²) < 4.78 is 5.34. The lowest BCUT2D eigenvalue weighted by Crippen LogP contribution is -2.54. The summed E-state index contributed by atoms with van der Waals surface area (Å²) in [6, 6.07) is 6.90. The summed E-state index contributed by atoms with van der Waals surface area (Å²) in [7, 11) is 0. The Bertz CT molecular complexity index is 553. The molecule has 1 fully saturated rings. The van der Waals surface area contributed by atoms with Gasteiger partial charge in [0.25, 0.3) is 0 Å². The number of morpholine rings is 1. The van der Waals surface area contributed by atoms with Crippen molar-refractivity contribution in [3.63, 3.8) is 0 Å². The van der Waals surface area contributed by atoms with Crippen LogP contribution in [0.1, 0.15) is 35.0 Å². The first-order chi connectivity index (χ1) is 10.3. The topological polar surface area (TPSA) is 46.6 Å². The van der Waals surface area contributed by atoms with Crippen LogP contribution in [0, 0.1) is 0 Å². The van der Waals surface area contributed by atoms with Gasteiger partial charge in [-0.15, -0.1) is 0 Å². The average molecular weight is 342 g/mol. The number of hydrogen-bond acceptors (Lipinski definition) is 5. The Morgan fingerprint density at radius 3 is 2.27 bits per heavy atom. The van der Waals surface area contributed by atoms with E-state index in [2.05, 4.69) is 17.5 Å². The first-order valence-corrected chi connectivity index (χ1v) is 8.08. The highest BCUT2D eigenvalue weighted by Gasteiger charge is 2.35. The van der Waals surface area contributed by atoms with Crippen LogP contribution in [0.15, 0.2) is 24.3 Å². The van der Waals surface area contributed by atoms with Crippen LogP contribution in [0.4, 0.5) is 0 Å². The van der Waals surface area contributed by atoms with E-state index in [1.54, 1.807) is 24.3 Å². The zero-order valence-corrected chi connectivity index (χ0v) is 14.4. The van der Waals surface area contributed by atoms with Gasteiger partial charge in [0.2, 0.25) is 5.24 Å². The fraction of sp³-hybridized carbons (Fsp3) is 0.500. The molecule has 1 aromatic rings. The van der Waals surface area contributed by atoms with E-state index in [1.165, 1.54) is 0 Å². The average Bonchev–Trinajstić information content (AvgIpc) is 2.54. The summed E-state index contributed by atoms with van der Waals surface area (Å²) >= 11 is 9.59. The van der Waals surface area contributed by atoms with E-state index in [1.807, 2.05) is 13.8 Å². The summed E-state index contributed by atoms with van der Waals surface area (Å²) in [5.41, 5.74) is 0.709. The number of hydrogen-bond donors (Lipinski definition) is 1. The second-order valence-corrected chi connectivity index (χ2v) is 6.71. The van der Waals surface area contributed by atoms with E-state index in [0.717, 1.165) is 13.1 Å². The highest BCUT2D eigenvalue weighted by atomic mass is 35.5. The molecule has 0 N–H and O–H groups in total. The molecule has 0 bridgehead atoms. The zero-order valence-electron chi connectivity index (χ0n) is 12.7. The van der Waals surface area contributed by atoms with Crippen LogP contribution in [-0.4, -0.2) is 47.8 Å². The Kier molecular flexibility index (Phi) is 5.66. The predicted molar refractivity (Wildman–Crippen MR) is 89.8 cm³/mol. The minimum Gasteiger partial charge on any atom is -0.379 e. The van der Waals surface area contributed by atoms with Crippen LogP contribution in [0.5, 0.6) is 0 Å². The first-order valence-electron chi connectivity index (χ1n) is 7.19. The normalized spacial score (nSPS) is 18.0. The number of carbonyl (C=O) groups excluding carboxylic acids is 2.